The van der Waals surface area contributed by atoms with Gasteiger partial charge in [0.15, 0.2) is 0 Å². The van der Waals surface area contributed by atoms with Crippen molar-refractivity contribution in [3.63, 3.8) is 0 Å². The molecule has 0 aliphatic carbocycles. The van der Waals surface area contributed by atoms with Crippen LogP contribution in [0.1, 0.15) is 61.8 Å². The Kier molecular flexibility index (Phi) is 4.31. The van der Waals surface area contributed by atoms with E-state index in [4.69, 9.17) is 9.47 Å². The fourth-order valence-electron chi connectivity index (χ4n) is 2.81. The molecule has 1 saturated heterocycles. The quantitative estimate of drug-likeness (QED) is 0.728. The molecule has 4 atom stereocenters. The van der Waals surface area contributed by atoms with Gasteiger partial charge in [0, 0.05) is 5.92 Å². The van der Waals surface area contributed by atoms with Gasteiger partial charge in [0.1, 0.15) is 0 Å². The number of ether oxygens (including phenoxy) is 2. The molecule has 1 heterocycles. The minimum absolute atomic E-state index is 0.0948. The van der Waals surface area contributed by atoms with E-state index >= 15 is 0 Å². The van der Waals surface area contributed by atoms with Crippen LogP contribution in [0.4, 0.5) is 0 Å². The van der Waals surface area contributed by atoms with E-state index in [0.717, 1.165) is 6.42 Å². The molecule has 2 nitrogen and oxygen atoms in total. The van der Waals surface area contributed by atoms with Crippen LogP contribution in [0.5, 0.6) is 0 Å². The van der Waals surface area contributed by atoms with Crippen LogP contribution in [0, 0.1) is 11.3 Å². The Labute approximate surface area is 107 Å². The van der Waals surface area contributed by atoms with Gasteiger partial charge in [-0.05, 0) is 32.6 Å². The van der Waals surface area contributed by atoms with Crippen LogP contribution < -0.4 is 0 Å². The summed E-state index contributed by atoms with van der Waals surface area (Å²) in [5.74, 6) is 0.458. The first kappa shape index (κ1) is 15.0. The molecule has 1 rings (SSSR count). The maximum atomic E-state index is 6.22. The fourth-order valence-corrected chi connectivity index (χ4v) is 2.81. The van der Waals surface area contributed by atoms with Gasteiger partial charge in [0.25, 0.3) is 0 Å². The highest BCUT2D eigenvalue weighted by molar-refractivity contribution is 4.94. The maximum absolute atomic E-state index is 6.22. The van der Waals surface area contributed by atoms with Gasteiger partial charge >= 0.3 is 0 Å². The van der Waals surface area contributed by atoms with Crippen LogP contribution >= 0.6 is 0 Å². The van der Waals surface area contributed by atoms with Crippen LogP contribution in [0.3, 0.4) is 0 Å². The SMILES string of the molecule is CC[C@H]1O[C@@H](C(C)(C)C)[C@@H](C)C1OC(C)(C)C. The van der Waals surface area contributed by atoms with Crippen molar-refractivity contribution in [1.29, 1.82) is 0 Å². The van der Waals surface area contributed by atoms with Crippen molar-refractivity contribution in [2.75, 3.05) is 0 Å². The predicted molar refractivity (Wildman–Crippen MR) is 72.2 cm³/mol. The zero-order chi connectivity index (χ0) is 13.4. The van der Waals surface area contributed by atoms with E-state index in [1.165, 1.54) is 0 Å². The summed E-state index contributed by atoms with van der Waals surface area (Å²) in [5.41, 5.74) is 0.0886. The largest absolute Gasteiger partial charge is 0.371 e. The molecular weight excluding hydrogens is 212 g/mol. The summed E-state index contributed by atoms with van der Waals surface area (Å²) in [5, 5.41) is 0. The van der Waals surface area contributed by atoms with Crippen LogP contribution in [-0.2, 0) is 9.47 Å². The molecule has 0 aromatic rings. The Hall–Kier alpha value is -0.0800. The van der Waals surface area contributed by atoms with E-state index in [2.05, 4.69) is 55.4 Å². The normalized spacial score (nSPS) is 35.3. The minimum Gasteiger partial charge on any atom is -0.371 e. The number of hydrogen-bond acceptors (Lipinski definition) is 2. The Balaban J connectivity index is 2.82. The van der Waals surface area contributed by atoms with E-state index in [9.17, 15) is 0 Å². The molecule has 0 aromatic heterocycles. The van der Waals surface area contributed by atoms with Crippen molar-refractivity contribution in [3.8, 4) is 0 Å². The van der Waals surface area contributed by atoms with Crippen molar-refractivity contribution in [3.05, 3.63) is 0 Å². The molecule has 102 valence electrons. The summed E-state index contributed by atoms with van der Waals surface area (Å²) >= 11 is 0. The molecular formula is C15H30O2. The highest BCUT2D eigenvalue weighted by Crippen LogP contribution is 2.41. The van der Waals surface area contributed by atoms with Crippen LogP contribution in [0.2, 0.25) is 0 Å². The standard InChI is InChI=1S/C15H30O2/c1-9-11-12(17-15(6,7)8)10(2)13(16-11)14(3,4)5/h10-13H,9H2,1-8H3/t10-,11+,12?,13+/m0/s1. The first-order valence-electron chi connectivity index (χ1n) is 6.89. The molecule has 1 aliphatic heterocycles. The van der Waals surface area contributed by atoms with E-state index in [-0.39, 0.29) is 23.2 Å². The first-order valence-corrected chi connectivity index (χ1v) is 6.89. The van der Waals surface area contributed by atoms with Gasteiger partial charge in [-0.3, -0.25) is 0 Å². The summed E-state index contributed by atoms with van der Waals surface area (Å²) in [7, 11) is 0. The molecule has 1 unspecified atom stereocenters. The Morgan fingerprint density at radius 2 is 1.59 bits per heavy atom. The summed E-state index contributed by atoms with van der Waals surface area (Å²) in [6.07, 6.45) is 1.79. The van der Waals surface area contributed by atoms with E-state index in [0.29, 0.717) is 12.0 Å². The molecule has 0 radical (unpaired) electrons. The molecule has 2 heteroatoms. The Morgan fingerprint density at radius 3 is 1.94 bits per heavy atom. The molecule has 1 aliphatic rings. The van der Waals surface area contributed by atoms with Crippen molar-refractivity contribution in [2.45, 2.75) is 85.7 Å². The molecule has 0 spiro atoms. The second-order valence-corrected chi connectivity index (χ2v) is 7.42. The maximum Gasteiger partial charge on any atom is 0.0894 e. The van der Waals surface area contributed by atoms with Crippen molar-refractivity contribution in [2.24, 2.45) is 11.3 Å². The van der Waals surface area contributed by atoms with E-state index < -0.39 is 0 Å². The van der Waals surface area contributed by atoms with Gasteiger partial charge < -0.3 is 9.47 Å². The lowest BCUT2D eigenvalue weighted by atomic mass is 9.81. The second-order valence-electron chi connectivity index (χ2n) is 7.42. The fraction of sp³-hybridized carbons (Fsp3) is 1.00. The average molecular weight is 242 g/mol. The zero-order valence-corrected chi connectivity index (χ0v) is 12.8. The third-order valence-corrected chi connectivity index (χ3v) is 3.43. The Morgan fingerprint density at radius 1 is 1.06 bits per heavy atom. The molecule has 0 amide bonds. The molecule has 0 aromatic carbocycles. The van der Waals surface area contributed by atoms with Crippen molar-refractivity contribution < 1.29 is 9.47 Å². The summed E-state index contributed by atoms with van der Waals surface area (Å²) in [6.45, 7) is 17.6. The minimum atomic E-state index is -0.0948. The van der Waals surface area contributed by atoms with Crippen molar-refractivity contribution >= 4 is 0 Å². The molecule has 0 saturated carbocycles. The van der Waals surface area contributed by atoms with Gasteiger partial charge in [-0.2, -0.15) is 0 Å². The smallest absolute Gasteiger partial charge is 0.0894 e. The van der Waals surface area contributed by atoms with Crippen LogP contribution in [0.25, 0.3) is 0 Å². The Bertz CT molecular complexity index is 247. The molecule has 0 N–H and O–H groups in total. The first-order chi connectivity index (χ1) is 7.56. The average Bonchev–Trinajstić information content (AvgIpc) is 2.41. The van der Waals surface area contributed by atoms with Gasteiger partial charge in [-0.15, -0.1) is 0 Å². The second kappa shape index (κ2) is 4.89. The van der Waals surface area contributed by atoms with Crippen LogP contribution in [-0.4, -0.2) is 23.9 Å². The van der Waals surface area contributed by atoms with Gasteiger partial charge in [0.05, 0.1) is 23.9 Å². The topological polar surface area (TPSA) is 18.5 Å². The lowest BCUT2D eigenvalue weighted by molar-refractivity contribution is -0.0994. The number of hydrogen-bond donors (Lipinski definition) is 0. The number of rotatable bonds is 2. The summed E-state index contributed by atoms with van der Waals surface area (Å²) in [6, 6.07) is 0. The lowest BCUT2D eigenvalue weighted by Gasteiger charge is -2.32. The van der Waals surface area contributed by atoms with E-state index in [1.54, 1.807) is 0 Å². The molecule has 1 fully saturated rings. The van der Waals surface area contributed by atoms with E-state index in [1.807, 2.05) is 0 Å². The predicted octanol–water partition coefficient (Wildman–Crippen LogP) is 4.03. The molecule has 0 bridgehead atoms. The monoisotopic (exact) mass is 242 g/mol. The van der Waals surface area contributed by atoms with Crippen LogP contribution in [0.15, 0.2) is 0 Å². The highest BCUT2D eigenvalue weighted by atomic mass is 16.6. The summed E-state index contributed by atoms with van der Waals surface area (Å²) < 4.78 is 12.4. The third-order valence-electron chi connectivity index (χ3n) is 3.43. The third kappa shape index (κ3) is 3.69. The summed E-state index contributed by atoms with van der Waals surface area (Å²) in [4.78, 5) is 0. The van der Waals surface area contributed by atoms with Gasteiger partial charge in [0.2, 0.25) is 0 Å². The van der Waals surface area contributed by atoms with Gasteiger partial charge in [-0.25, -0.2) is 0 Å². The molecule has 17 heavy (non-hydrogen) atoms. The zero-order valence-electron chi connectivity index (χ0n) is 12.8. The van der Waals surface area contributed by atoms with Gasteiger partial charge in [-0.1, -0.05) is 34.6 Å². The van der Waals surface area contributed by atoms with Crippen molar-refractivity contribution in [1.82, 2.24) is 0 Å². The highest BCUT2D eigenvalue weighted by Gasteiger charge is 2.47. The lowest BCUT2D eigenvalue weighted by Crippen LogP contribution is -2.38.